The standard InChI is InChI=1S/C26H24N4S/c1-17-10-12-20(13-11-17)23-18(2)31-26-24(23)25(29-16-30-26)28-15-14-27-22-9-5-7-19-6-3-4-8-21(19)22/h3-13,16,27H,14-15H2,1-2H3,(H,28,29,30). The molecule has 0 amide bonds. The van der Waals surface area contributed by atoms with Crippen LogP contribution >= 0.6 is 11.3 Å². The minimum absolute atomic E-state index is 0.761. The number of anilines is 2. The second kappa shape index (κ2) is 8.36. The van der Waals surface area contributed by atoms with E-state index >= 15 is 0 Å². The highest BCUT2D eigenvalue weighted by Gasteiger charge is 2.16. The smallest absolute Gasteiger partial charge is 0.138 e. The molecule has 0 radical (unpaired) electrons. The predicted molar refractivity (Wildman–Crippen MR) is 133 cm³/mol. The Morgan fingerprint density at radius 3 is 2.45 bits per heavy atom. The van der Waals surface area contributed by atoms with Crippen molar-refractivity contribution in [1.82, 2.24) is 9.97 Å². The van der Waals surface area contributed by atoms with Crippen molar-refractivity contribution in [2.45, 2.75) is 13.8 Å². The molecule has 0 aliphatic heterocycles. The van der Waals surface area contributed by atoms with Crippen LogP contribution in [-0.2, 0) is 0 Å². The first-order valence-corrected chi connectivity index (χ1v) is 11.3. The van der Waals surface area contributed by atoms with Gasteiger partial charge in [-0.15, -0.1) is 11.3 Å². The Balaban J connectivity index is 1.38. The fraction of sp³-hybridized carbons (Fsp3) is 0.154. The molecule has 0 unspecified atom stereocenters. The van der Waals surface area contributed by atoms with E-state index in [4.69, 9.17) is 0 Å². The van der Waals surface area contributed by atoms with Gasteiger partial charge in [0.2, 0.25) is 0 Å². The molecular weight excluding hydrogens is 400 g/mol. The third-order valence-electron chi connectivity index (χ3n) is 5.53. The van der Waals surface area contributed by atoms with Crippen molar-refractivity contribution in [3.63, 3.8) is 0 Å². The average molecular weight is 425 g/mol. The van der Waals surface area contributed by atoms with Crippen LogP contribution in [-0.4, -0.2) is 23.1 Å². The molecule has 2 aromatic heterocycles. The zero-order valence-corrected chi connectivity index (χ0v) is 18.5. The van der Waals surface area contributed by atoms with Gasteiger partial charge in [-0.2, -0.15) is 0 Å². The van der Waals surface area contributed by atoms with Crippen LogP contribution in [0.4, 0.5) is 11.5 Å². The van der Waals surface area contributed by atoms with Gasteiger partial charge in [0, 0.05) is 34.6 Å². The summed E-state index contributed by atoms with van der Waals surface area (Å²) in [6, 6.07) is 23.5. The number of nitrogens with one attached hydrogen (secondary N) is 2. The maximum Gasteiger partial charge on any atom is 0.138 e. The van der Waals surface area contributed by atoms with Crippen molar-refractivity contribution in [2.75, 3.05) is 23.7 Å². The van der Waals surface area contributed by atoms with E-state index in [2.05, 4.69) is 101 Å². The fourth-order valence-corrected chi connectivity index (χ4v) is 5.02. The molecule has 4 nitrogen and oxygen atoms in total. The van der Waals surface area contributed by atoms with Crippen molar-refractivity contribution < 1.29 is 0 Å². The highest BCUT2D eigenvalue weighted by atomic mass is 32.1. The van der Waals surface area contributed by atoms with Crippen LogP contribution in [0.1, 0.15) is 10.4 Å². The molecule has 2 heterocycles. The summed E-state index contributed by atoms with van der Waals surface area (Å²) in [5, 5.41) is 10.7. The maximum atomic E-state index is 4.58. The molecule has 31 heavy (non-hydrogen) atoms. The van der Waals surface area contributed by atoms with Crippen LogP contribution in [0.3, 0.4) is 0 Å². The summed E-state index contributed by atoms with van der Waals surface area (Å²) in [7, 11) is 0. The first-order chi connectivity index (χ1) is 15.2. The third kappa shape index (κ3) is 3.84. The summed E-state index contributed by atoms with van der Waals surface area (Å²) in [5.74, 6) is 0.893. The SMILES string of the molecule is Cc1ccc(-c2c(C)sc3ncnc(NCCNc4cccc5ccccc45)c23)cc1. The zero-order valence-electron chi connectivity index (χ0n) is 17.6. The van der Waals surface area contributed by atoms with Crippen LogP contribution in [0.15, 0.2) is 73.1 Å². The first kappa shape index (κ1) is 19.5. The quantitative estimate of drug-likeness (QED) is 0.300. The summed E-state index contributed by atoms with van der Waals surface area (Å²) < 4.78 is 0. The lowest BCUT2D eigenvalue weighted by Crippen LogP contribution is -2.14. The van der Waals surface area contributed by atoms with E-state index in [1.165, 1.54) is 32.3 Å². The Hall–Kier alpha value is -3.44. The number of benzene rings is 3. The second-order valence-electron chi connectivity index (χ2n) is 7.68. The van der Waals surface area contributed by atoms with Gasteiger partial charge in [0.25, 0.3) is 0 Å². The molecule has 0 atom stereocenters. The summed E-state index contributed by atoms with van der Waals surface area (Å²) in [5.41, 5.74) is 4.85. The number of fused-ring (bicyclic) bond motifs is 2. The van der Waals surface area contributed by atoms with Crippen molar-refractivity contribution >= 4 is 43.8 Å². The zero-order chi connectivity index (χ0) is 21.2. The number of hydrogen-bond donors (Lipinski definition) is 2. The summed E-state index contributed by atoms with van der Waals surface area (Å²) in [6.07, 6.45) is 1.65. The maximum absolute atomic E-state index is 4.58. The molecule has 5 heteroatoms. The molecule has 0 saturated carbocycles. The van der Waals surface area contributed by atoms with Crippen LogP contribution in [0.25, 0.3) is 32.1 Å². The molecular formula is C26H24N4S. The predicted octanol–water partition coefficient (Wildman–Crippen LogP) is 6.65. The van der Waals surface area contributed by atoms with Crippen molar-refractivity contribution in [3.05, 3.63) is 83.5 Å². The molecule has 0 spiro atoms. The molecule has 0 aliphatic rings. The van der Waals surface area contributed by atoms with Gasteiger partial charge in [-0.3, -0.25) is 0 Å². The minimum atomic E-state index is 0.761. The highest BCUT2D eigenvalue weighted by Crippen LogP contribution is 2.40. The second-order valence-corrected chi connectivity index (χ2v) is 8.89. The van der Waals surface area contributed by atoms with E-state index in [0.717, 1.165) is 34.8 Å². The average Bonchev–Trinajstić information content (AvgIpc) is 3.14. The Labute approximate surface area is 186 Å². The van der Waals surface area contributed by atoms with Crippen LogP contribution in [0.5, 0.6) is 0 Å². The number of aromatic nitrogens is 2. The van der Waals surface area contributed by atoms with E-state index in [1.807, 2.05) is 0 Å². The van der Waals surface area contributed by atoms with Gasteiger partial charge in [0.05, 0.1) is 5.39 Å². The fourth-order valence-electron chi connectivity index (χ4n) is 4.00. The number of rotatable bonds is 6. The van der Waals surface area contributed by atoms with E-state index < -0.39 is 0 Å². The van der Waals surface area contributed by atoms with Crippen LogP contribution in [0, 0.1) is 13.8 Å². The molecule has 0 fully saturated rings. The highest BCUT2D eigenvalue weighted by molar-refractivity contribution is 7.19. The van der Waals surface area contributed by atoms with Crippen molar-refractivity contribution in [3.8, 4) is 11.1 Å². The third-order valence-corrected chi connectivity index (χ3v) is 6.54. The lowest BCUT2D eigenvalue weighted by molar-refractivity contribution is 1.06. The molecule has 0 saturated heterocycles. The van der Waals surface area contributed by atoms with Gasteiger partial charge < -0.3 is 10.6 Å². The Morgan fingerprint density at radius 1 is 0.806 bits per heavy atom. The lowest BCUT2D eigenvalue weighted by Gasteiger charge is -2.12. The van der Waals surface area contributed by atoms with Gasteiger partial charge in [0.1, 0.15) is 17.0 Å². The van der Waals surface area contributed by atoms with E-state index in [-0.39, 0.29) is 0 Å². The van der Waals surface area contributed by atoms with Crippen molar-refractivity contribution in [2.24, 2.45) is 0 Å². The Bertz CT molecular complexity index is 1350. The van der Waals surface area contributed by atoms with Gasteiger partial charge in [-0.1, -0.05) is 66.2 Å². The number of nitrogens with zero attached hydrogens (tertiary/aromatic N) is 2. The number of hydrogen-bond acceptors (Lipinski definition) is 5. The Morgan fingerprint density at radius 2 is 1.58 bits per heavy atom. The molecule has 154 valence electrons. The molecule has 5 aromatic rings. The summed E-state index contributed by atoms with van der Waals surface area (Å²) >= 11 is 1.72. The van der Waals surface area contributed by atoms with Crippen LogP contribution in [0.2, 0.25) is 0 Å². The van der Waals surface area contributed by atoms with Gasteiger partial charge in [0.15, 0.2) is 0 Å². The minimum Gasteiger partial charge on any atom is -0.383 e. The van der Waals surface area contributed by atoms with E-state index in [1.54, 1.807) is 17.7 Å². The molecule has 5 rings (SSSR count). The lowest BCUT2D eigenvalue weighted by atomic mass is 10.0. The van der Waals surface area contributed by atoms with Crippen molar-refractivity contribution in [1.29, 1.82) is 0 Å². The topological polar surface area (TPSA) is 49.8 Å². The molecule has 0 aliphatic carbocycles. The molecule has 2 N–H and O–H groups in total. The van der Waals surface area contributed by atoms with Crippen LogP contribution < -0.4 is 10.6 Å². The monoisotopic (exact) mass is 424 g/mol. The van der Waals surface area contributed by atoms with Gasteiger partial charge >= 0.3 is 0 Å². The largest absolute Gasteiger partial charge is 0.383 e. The summed E-state index contributed by atoms with van der Waals surface area (Å²) in [6.45, 7) is 5.83. The van der Waals surface area contributed by atoms with Gasteiger partial charge in [-0.25, -0.2) is 9.97 Å². The first-order valence-electron chi connectivity index (χ1n) is 10.5. The number of aryl methyl sites for hydroxylation is 2. The van der Waals surface area contributed by atoms with E-state index in [9.17, 15) is 0 Å². The molecule has 0 bridgehead atoms. The normalized spacial score (nSPS) is 11.2. The molecule has 3 aromatic carbocycles. The van der Waals surface area contributed by atoms with E-state index in [0.29, 0.717) is 0 Å². The van der Waals surface area contributed by atoms with Gasteiger partial charge in [-0.05, 0) is 30.9 Å². The summed E-state index contributed by atoms with van der Waals surface area (Å²) in [4.78, 5) is 11.4. The Kier molecular flexibility index (Phi) is 5.26. The number of thiophene rings is 1.